The Labute approximate surface area is 138 Å². The van der Waals surface area contributed by atoms with E-state index in [1.54, 1.807) is 10.9 Å². The van der Waals surface area contributed by atoms with Crippen molar-refractivity contribution in [2.75, 3.05) is 13.2 Å². The van der Waals surface area contributed by atoms with Gasteiger partial charge < -0.3 is 15.5 Å². The summed E-state index contributed by atoms with van der Waals surface area (Å²) in [6.45, 7) is 3.57. The standard InChI is InChI=1S/C16H30N4O3/c1-2-8-15(22)14-13-20(19-18-14)11-7-9-16(23)17-10-5-3-4-6-12-21/h13,15,21-22H,2-12H2,1H3,(H,17,23). The highest BCUT2D eigenvalue weighted by Gasteiger charge is 2.11. The van der Waals surface area contributed by atoms with Gasteiger partial charge >= 0.3 is 0 Å². The van der Waals surface area contributed by atoms with Crippen LogP contribution in [-0.4, -0.2) is 44.3 Å². The highest BCUT2D eigenvalue weighted by atomic mass is 16.3. The molecule has 0 saturated heterocycles. The van der Waals surface area contributed by atoms with E-state index in [0.717, 1.165) is 32.1 Å². The van der Waals surface area contributed by atoms with Gasteiger partial charge in [-0.25, -0.2) is 0 Å². The van der Waals surface area contributed by atoms with Crippen molar-refractivity contribution < 1.29 is 15.0 Å². The number of nitrogens with zero attached hydrogens (tertiary/aromatic N) is 3. The Morgan fingerprint density at radius 2 is 2.09 bits per heavy atom. The summed E-state index contributed by atoms with van der Waals surface area (Å²) in [5.74, 6) is 0.0542. The van der Waals surface area contributed by atoms with Crippen molar-refractivity contribution in [2.24, 2.45) is 0 Å². The molecule has 0 aliphatic carbocycles. The number of hydrogen-bond acceptors (Lipinski definition) is 5. The highest BCUT2D eigenvalue weighted by molar-refractivity contribution is 5.75. The summed E-state index contributed by atoms with van der Waals surface area (Å²) < 4.78 is 1.68. The molecule has 23 heavy (non-hydrogen) atoms. The van der Waals surface area contributed by atoms with E-state index >= 15 is 0 Å². The van der Waals surface area contributed by atoms with Crippen LogP contribution in [0.4, 0.5) is 0 Å². The number of hydrogen-bond donors (Lipinski definition) is 3. The number of aryl methyl sites for hydroxylation is 1. The van der Waals surface area contributed by atoms with Crippen molar-refractivity contribution in [2.45, 2.75) is 70.9 Å². The summed E-state index contributed by atoms with van der Waals surface area (Å²) in [7, 11) is 0. The van der Waals surface area contributed by atoms with Gasteiger partial charge in [0.15, 0.2) is 0 Å². The second kappa shape index (κ2) is 12.0. The van der Waals surface area contributed by atoms with Gasteiger partial charge in [0.25, 0.3) is 0 Å². The lowest BCUT2D eigenvalue weighted by Gasteiger charge is -2.05. The van der Waals surface area contributed by atoms with E-state index in [4.69, 9.17) is 5.11 Å². The van der Waals surface area contributed by atoms with Crippen LogP contribution in [0.5, 0.6) is 0 Å². The second-order valence-electron chi connectivity index (χ2n) is 5.80. The van der Waals surface area contributed by atoms with Gasteiger partial charge in [0, 0.05) is 26.1 Å². The number of amides is 1. The first kappa shape index (κ1) is 19.6. The molecule has 1 aromatic heterocycles. The molecule has 0 bridgehead atoms. The molecular weight excluding hydrogens is 296 g/mol. The number of aliphatic hydroxyl groups excluding tert-OH is 2. The number of aromatic nitrogens is 3. The predicted molar refractivity (Wildman–Crippen MR) is 87.7 cm³/mol. The van der Waals surface area contributed by atoms with E-state index in [1.807, 2.05) is 6.92 Å². The molecule has 7 nitrogen and oxygen atoms in total. The fraction of sp³-hybridized carbons (Fsp3) is 0.812. The van der Waals surface area contributed by atoms with Crippen LogP contribution in [0.1, 0.15) is 70.1 Å². The zero-order valence-corrected chi connectivity index (χ0v) is 14.1. The van der Waals surface area contributed by atoms with E-state index in [1.165, 1.54) is 0 Å². The minimum atomic E-state index is -0.553. The fourth-order valence-electron chi connectivity index (χ4n) is 2.30. The van der Waals surface area contributed by atoms with E-state index in [-0.39, 0.29) is 12.5 Å². The molecule has 1 aromatic rings. The highest BCUT2D eigenvalue weighted by Crippen LogP contribution is 2.14. The van der Waals surface area contributed by atoms with Gasteiger partial charge in [0.2, 0.25) is 5.91 Å². The molecule has 0 fully saturated rings. The number of aliphatic hydroxyl groups is 2. The summed E-state index contributed by atoms with van der Waals surface area (Å²) in [5, 5.41) is 29.3. The first-order valence-electron chi connectivity index (χ1n) is 8.63. The van der Waals surface area contributed by atoms with Crippen LogP contribution < -0.4 is 5.32 Å². The van der Waals surface area contributed by atoms with Gasteiger partial charge in [-0.2, -0.15) is 0 Å². The number of nitrogens with one attached hydrogen (secondary N) is 1. The van der Waals surface area contributed by atoms with Gasteiger partial charge in [0.1, 0.15) is 5.69 Å². The van der Waals surface area contributed by atoms with Crippen molar-refractivity contribution in [3.8, 4) is 0 Å². The zero-order chi connectivity index (χ0) is 16.9. The van der Waals surface area contributed by atoms with Crippen molar-refractivity contribution >= 4 is 5.91 Å². The first-order valence-corrected chi connectivity index (χ1v) is 8.63. The largest absolute Gasteiger partial charge is 0.396 e. The Hall–Kier alpha value is -1.47. The first-order chi connectivity index (χ1) is 11.2. The summed E-state index contributed by atoms with van der Waals surface area (Å²) >= 11 is 0. The molecule has 1 heterocycles. The molecule has 0 aromatic carbocycles. The van der Waals surface area contributed by atoms with Gasteiger partial charge in [-0.3, -0.25) is 9.48 Å². The van der Waals surface area contributed by atoms with Gasteiger partial charge in [-0.05, 0) is 25.7 Å². The molecule has 1 atom stereocenters. The topological polar surface area (TPSA) is 100 Å². The third kappa shape index (κ3) is 8.66. The Kier molecular flexibility index (Phi) is 10.2. The summed E-state index contributed by atoms with van der Waals surface area (Å²) in [4.78, 5) is 11.7. The maximum Gasteiger partial charge on any atom is 0.220 e. The number of unbranched alkanes of at least 4 members (excludes halogenated alkanes) is 3. The molecule has 0 aliphatic rings. The van der Waals surface area contributed by atoms with E-state index in [0.29, 0.717) is 38.0 Å². The van der Waals surface area contributed by atoms with Crippen LogP contribution in [0.3, 0.4) is 0 Å². The predicted octanol–water partition coefficient (Wildman–Crippen LogP) is 1.56. The zero-order valence-electron chi connectivity index (χ0n) is 14.1. The van der Waals surface area contributed by atoms with Gasteiger partial charge in [-0.15, -0.1) is 5.10 Å². The lowest BCUT2D eigenvalue weighted by atomic mass is 10.2. The molecular formula is C16H30N4O3. The van der Waals surface area contributed by atoms with Crippen molar-refractivity contribution in [1.82, 2.24) is 20.3 Å². The molecule has 1 rings (SSSR count). The van der Waals surface area contributed by atoms with Gasteiger partial charge in [-0.1, -0.05) is 31.4 Å². The van der Waals surface area contributed by atoms with Crippen molar-refractivity contribution in [3.05, 3.63) is 11.9 Å². The summed E-state index contributed by atoms with van der Waals surface area (Å²) in [5.41, 5.74) is 0.596. The van der Waals surface area contributed by atoms with Crippen LogP contribution in [0, 0.1) is 0 Å². The minimum absolute atomic E-state index is 0.0542. The number of rotatable bonds is 13. The molecule has 7 heteroatoms. The van der Waals surface area contributed by atoms with E-state index < -0.39 is 6.10 Å². The Balaban J connectivity index is 2.10. The van der Waals surface area contributed by atoms with E-state index in [9.17, 15) is 9.90 Å². The molecule has 1 amide bonds. The second-order valence-corrected chi connectivity index (χ2v) is 5.80. The fourth-order valence-corrected chi connectivity index (χ4v) is 2.30. The average Bonchev–Trinajstić information content (AvgIpc) is 3.00. The van der Waals surface area contributed by atoms with E-state index in [2.05, 4.69) is 15.6 Å². The van der Waals surface area contributed by atoms with Crippen LogP contribution in [0.25, 0.3) is 0 Å². The average molecular weight is 326 g/mol. The quantitative estimate of drug-likeness (QED) is 0.478. The lowest BCUT2D eigenvalue weighted by molar-refractivity contribution is -0.121. The maximum atomic E-state index is 11.7. The third-order valence-corrected chi connectivity index (χ3v) is 3.66. The molecule has 0 radical (unpaired) electrons. The molecule has 0 saturated carbocycles. The monoisotopic (exact) mass is 326 g/mol. The van der Waals surface area contributed by atoms with Crippen LogP contribution >= 0.6 is 0 Å². The summed E-state index contributed by atoms with van der Waals surface area (Å²) in [6, 6.07) is 0. The van der Waals surface area contributed by atoms with Gasteiger partial charge in [0.05, 0.1) is 12.3 Å². The molecule has 3 N–H and O–H groups in total. The Morgan fingerprint density at radius 3 is 2.83 bits per heavy atom. The third-order valence-electron chi connectivity index (χ3n) is 3.66. The van der Waals surface area contributed by atoms with Crippen molar-refractivity contribution in [3.63, 3.8) is 0 Å². The smallest absolute Gasteiger partial charge is 0.220 e. The SMILES string of the molecule is CCCC(O)c1cn(CCCC(=O)NCCCCCCO)nn1. The molecule has 132 valence electrons. The molecule has 0 aliphatic heterocycles. The van der Waals surface area contributed by atoms with Crippen LogP contribution in [-0.2, 0) is 11.3 Å². The van der Waals surface area contributed by atoms with Crippen LogP contribution in [0.15, 0.2) is 6.20 Å². The maximum absolute atomic E-state index is 11.7. The molecule has 0 spiro atoms. The van der Waals surface area contributed by atoms with Crippen molar-refractivity contribution in [1.29, 1.82) is 0 Å². The minimum Gasteiger partial charge on any atom is -0.396 e. The molecule has 1 unspecified atom stereocenters. The normalized spacial score (nSPS) is 12.3. The Morgan fingerprint density at radius 1 is 1.30 bits per heavy atom. The number of carbonyl (C=O) groups is 1. The summed E-state index contributed by atoms with van der Waals surface area (Å²) in [6.07, 6.45) is 7.75. The van der Waals surface area contributed by atoms with Crippen LogP contribution in [0.2, 0.25) is 0 Å². The number of carbonyl (C=O) groups excluding carboxylic acids is 1. The lowest BCUT2D eigenvalue weighted by Crippen LogP contribution is -2.24. The Bertz CT molecular complexity index is 437.